The molecule has 4 rings (SSSR count). The monoisotopic (exact) mass is 469 g/mol. The molecule has 1 amide bonds. The highest BCUT2D eigenvalue weighted by atomic mass is 35.5. The summed E-state index contributed by atoms with van der Waals surface area (Å²) < 4.78 is 2.20. The van der Waals surface area contributed by atoms with E-state index < -0.39 is 0 Å². The first-order valence-electron chi connectivity index (χ1n) is 9.59. The van der Waals surface area contributed by atoms with Gasteiger partial charge in [0.05, 0.1) is 17.0 Å². The zero-order valence-electron chi connectivity index (χ0n) is 17.2. The third-order valence-electron chi connectivity index (χ3n) is 4.72. The maximum absolute atomic E-state index is 13.3. The number of thiophene rings is 1. The van der Waals surface area contributed by atoms with Crippen LogP contribution in [-0.4, -0.2) is 21.2 Å². The number of halogens is 1. The molecule has 0 atom stereocenters. The van der Waals surface area contributed by atoms with Gasteiger partial charge in [-0.25, -0.2) is 4.98 Å². The van der Waals surface area contributed by atoms with Crippen LogP contribution in [0.25, 0.3) is 15.9 Å². The van der Waals surface area contributed by atoms with Gasteiger partial charge in [0.25, 0.3) is 5.56 Å². The van der Waals surface area contributed by atoms with Gasteiger partial charge >= 0.3 is 0 Å². The van der Waals surface area contributed by atoms with E-state index in [4.69, 9.17) is 11.6 Å². The molecule has 2 aromatic heterocycles. The summed E-state index contributed by atoms with van der Waals surface area (Å²) in [6.45, 7) is 5.89. The molecule has 4 aromatic rings. The zero-order valence-corrected chi connectivity index (χ0v) is 19.6. The van der Waals surface area contributed by atoms with Gasteiger partial charge in [0.1, 0.15) is 4.70 Å². The standard InChI is InChI=1S/C23H20ClN3O2S2/c1-13-8-14(2)10-17(9-13)27-22(29)21-18(6-7-30-21)26-23(27)31-12-20(28)25-19-11-16(24)5-4-15(19)3/h4-11H,12H2,1-3H3,(H,25,28). The smallest absolute Gasteiger partial charge is 0.276 e. The van der Waals surface area contributed by atoms with Crippen molar-refractivity contribution in [3.63, 3.8) is 0 Å². The predicted octanol–water partition coefficient (Wildman–Crippen LogP) is 5.76. The first kappa shape index (κ1) is 21.6. The minimum atomic E-state index is -0.193. The number of carbonyl (C=O) groups excluding carboxylic acids is 1. The summed E-state index contributed by atoms with van der Waals surface area (Å²) in [6, 6.07) is 13.1. The summed E-state index contributed by atoms with van der Waals surface area (Å²) in [5, 5.41) is 5.79. The molecule has 0 unspecified atom stereocenters. The molecule has 8 heteroatoms. The Labute approximate surface area is 193 Å². The van der Waals surface area contributed by atoms with Crippen molar-refractivity contribution < 1.29 is 4.79 Å². The average molecular weight is 470 g/mol. The lowest BCUT2D eigenvalue weighted by atomic mass is 10.1. The molecule has 0 aliphatic rings. The average Bonchev–Trinajstić information content (AvgIpc) is 3.17. The molecule has 0 radical (unpaired) electrons. The number of fused-ring (bicyclic) bond motifs is 1. The van der Waals surface area contributed by atoms with E-state index in [0.717, 1.165) is 22.4 Å². The van der Waals surface area contributed by atoms with Crippen LogP contribution in [-0.2, 0) is 4.79 Å². The Bertz CT molecular complexity index is 1340. The number of aryl methyl sites for hydroxylation is 3. The number of thioether (sulfide) groups is 1. The van der Waals surface area contributed by atoms with Gasteiger partial charge in [-0.05, 0) is 73.2 Å². The van der Waals surface area contributed by atoms with E-state index in [1.165, 1.54) is 23.1 Å². The lowest BCUT2D eigenvalue weighted by Gasteiger charge is -2.14. The van der Waals surface area contributed by atoms with Crippen molar-refractivity contribution in [3.8, 4) is 5.69 Å². The number of hydrogen-bond acceptors (Lipinski definition) is 5. The maximum atomic E-state index is 13.3. The van der Waals surface area contributed by atoms with Crippen molar-refractivity contribution in [3.05, 3.63) is 79.9 Å². The fourth-order valence-electron chi connectivity index (χ4n) is 3.34. The summed E-state index contributed by atoms with van der Waals surface area (Å²) in [5.41, 5.74) is 4.97. The second kappa shape index (κ2) is 8.86. The number of hydrogen-bond donors (Lipinski definition) is 1. The molecular weight excluding hydrogens is 450 g/mol. The first-order chi connectivity index (χ1) is 14.8. The van der Waals surface area contributed by atoms with Gasteiger partial charge in [-0.15, -0.1) is 11.3 Å². The Kier molecular flexibility index (Phi) is 6.18. The first-order valence-corrected chi connectivity index (χ1v) is 11.8. The summed E-state index contributed by atoms with van der Waals surface area (Å²) in [5.74, 6) is -0.0826. The van der Waals surface area contributed by atoms with E-state index in [-0.39, 0.29) is 17.2 Å². The van der Waals surface area contributed by atoms with Gasteiger partial charge in [-0.3, -0.25) is 14.2 Å². The van der Waals surface area contributed by atoms with Gasteiger partial charge in [-0.2, -0.15) is 0 Å². The van der Waals surface area contributed by atoms with Gasteiger partial charge in [-0.1, -0.05) is 35.5 Å². The van der Waals surface area contributed by atoms with Crippen LogP contribution in [0.5, 0.6) is 0 Å². The Morgan fingerprint density at radius 1 is 1.13 bits per heavy atom. The highest BCUT2D eigenvalue weighted by Crippen LogP contribution is 2.25. The summed E-state index contributed by atoms with van der Waals surface area (Å²) in [4.78, 5) is 30.5. The van der Waals surface area contributed by atoms with E-state index >= 15 is 0 Å². The number of anilines is 1. The molecule has 0 aliphatic carbocycles. The second-order valence-electron chi connectivity index (χ2n) is 7.31. The summed E-state index contributed by atoms with van der Waals surface area (Å²) in [7, 11) is 0. The Balaban J connectivity index is 1.67. The minimum absolute atomic E-state index is 0.110. The number of carbonyl (C=O) groups is 1. The quantitative estimate of drug-likeness (QED) is 0.298. The van der Waals surface area contributed by atoms with Crippen LogP contribution in [0.3, 0.4) is 0 Å². The molecule has 158 valence electrons. The van der Waals surface area contributed by atoms with E-state index in [1.54, 1.807) is 16.7 Å². The lowest BCUT2D eigenvalue weighted by molar-refractivity contribution is -0.113. The van der Waals surface area contributed by atoms with Crippen LogP contribution in [0.4, 0.5) is 5.69 Å². The molecule has 1 N–H and O–H groups in total. The van der Waals surface area contributed by atoms with Crippen LogP contribution >= 0.6 is 34.7 Å². The Morgan fingerprint density at radius 3 is 2.61 bits per heavy atom. The van der Waals surface area contributed by atoms with Crippen molar-refractivity contribution >= 4 is 56.5 Å². The van der Waals surface area contributed by atoms with Crippen LogP contribution in [0.2, 0.25) is 5.02 Å². The van der Waals surface area contributed by atoms with E-state index in [2.05, 4.69) is 16.4 Å². The minimum Gasteiger partial charge on any atom is -0.325 e. The van der Waals surface area contributed by atoms with Gasteiger partial charge < -0.3 is 5.32 Å². The molecule has 0 bridgehead atoms. The Morgan fingerprint density at radius 2 is 1.87 bits per heavy atom. The van der Waals surface area contributed by atoms with E-state index in [9.17, 15) is 9.59 Å². The lowest BCUT2D eigenvalue weighted by Crippen LogP contribution is -2.22. The molecule has 2 heterocycles. The van der Waals surface area contributed by atoms with Crippen molar-refractivity contribution in [2.24, 2.45) is 0 Å². The van der Waals surface area contributed by atoms with Crippen molar-refractivity contribution in [2.45, 2.75) is 25.9 Å². The van der Waals surface area contributed by atoms with Gasteiger partial charge in [0, 0.05) is 10.7 Å². The Hall–Kier alpha value is -2.61. The van der Waals surface area contributed by atoms with Gasteiger partial charge in [0.15, 0.2) is 5.16 Å². The van der Waals surface area contributed by atoms with E-state index in [1.807, 2.05) is 50.4 Å². The predicted molar refractivity (Wildman–Crippen MR) is 130 cm³/mol. The number of aromatic nitrogens is 2. The fraction of sp³-hybridized carbons (Fsp3) is 0.174. The number of amides is 1. The van der Waals surface area contributed by atoms with Crippen molar-refractivity contribution in [2.75, 3.05) is 11.1 Å². The van der Waals surface area contributed by atoms with E-state index in [0.29, 0.717) is 26.1 Å². The SMILES string of the molecule is Cc1cc(C)cc(-n2c(SCC(=O)Nc3cc(Cl)ccc3C)nc3ccsc3c2=O)c1. The summed E-state index contributed by atoms with van der Waals surface area (Å²) in [6.07, 6.45) is 0. The normalized spacial score (nSPS) is 11.1. The molecule has 0 saturated carbocycles. The topological polar surface area (TPSA) is 64.0 Å². The van der Waals surface area contributed by atoms with Crippen molar-refractivity contribution in [1.82, 2.24) is 9.55 Å². The summed E-state index contributed by atoms with van der Waals surface area (Å²) >= 11 is 8.65. The third kappa shape index (κ3) is 4.69. The second-order valence-corrected chi connectivity index (χ2v) is 9.61. The molecule has 31 heavy (non-hydrogen) atoms. The van der Waals surface area contributed by atoms with Crippen LogP contribution < -0.4 is 10.9 Å². The largest absolute Gasteiger partial charge is 0.325 e. The van der Waals surface area contributed by atoms with Crippen LogP contribution in [0.1, 0.15) is 16.7 Å². The molecular formula is C23H20ClN3O2S2. The molecule has 0 spiro atoms. The number of nitrogens with zero attached hydrogens (tertiary/aromatic N) is 2. The third-order valence-corrected chi connectivity index (χ3v) is 6.79. The highest BCUT2D eigenvalue weighted by molar-refractivity contribution is 7.99. The maximum Gasteiger partial charge on any atom is 0.276 e. The van der Waals surface area contributed by atoms with Crippen molar-refractivity contribution in [1.29, 1.82) is 0 Å². The number of benzene rings is 2. The fourth-order valence-corrected chi connectivity index (χ4v) is 5.09. The van der Waals surface area contributed by atoms with Crippen LogP contribution in [0.15, 0.2) is 57.8 Å². The molecule has 0 fully saturated rings. The molecule has 0 aliphatic heterocycles. The van der Waals surface area contributed by atoms with Gasteiger partial charge in [0.2, 0.25) is 5.91 Å². The molecule has 0 saturated heterocycles. The number of nitrogens with one attached hydrogen (secondary N) is 1. The highest BCUT2D eigenvalue weighted by Gasteiger charge is 2.16. The zero-order chi connectivity index (χ0) is 22.1. The molecule has 5 nitrogen and oxygen atoms in total. The van der Waals surface area contributed by atoms with Crippen LogP contribution in [0, 0.1) is 20.8 Å². The molecule has 2 aromatic carbocycles. The number of rotatable bonds is 5.